The van der Waals surface area contributed by atoms with E-state index in [1.807, 2.05) is 12.1 Å². The predicted molar refractivity (Wildman–Crippen MR) is 119 cm³/mol. The number of nitrogens with one attached hydrogen (secondary N) is 1. The lowest BCUT2D eigenvalue weighted by atomic mass is 9.92. The smallest absolute Gasteiger partial charge is 0.337 e. The molecule has 2 atom stereocenters. The van der Waals surface area contributed by atoms with Crippen LogP contribution in [0, 0.1) is 5.82 Å². The molecular weight excluding hydrogens is 429 g/mol. The average Bonchev–Trinajstić information content (AvgIpc) is 2.85. The highest BCUT2D eigenvalue weighted by Gasteiger charge is 2.28. The number of aliphatic hydroxyl groups is 1. The lowest BCUT2D eigenvalue weighted by Crippen LogP contribution is -2.32. The standard InChI is InChI=1S/C25H28FNO6/c1-31-25(30)19-8-6-18(7-9-19)20-14-22(33-23(15-20)32-13-3-2-12-28)24(29)27-16-17-4-10-21(26)11-5-17/h4-11,14,20,23,28H,2-3,12-13,15-16H2,1H3,(H,27,29)/t20-,23+/m0/s1. The molecule has 33 heavy (non-hydrogen) atoms. The SMILES string of the molecule is COC(=O)c1ccc([C@H]2C=C(C(=O)NCc3ccc(F)cc3)O[C@@H](OCCCCO)C2)cc1. The van der Waals surface area contributed by atoms with E-state index in [1.165, 1.54) is 19.2 Å². The monoisotopic (exact) mass is 457 g/mol. The van der Waals surface area contributed by atoms with Gasteiger partial charge in [-0.2, -0.15) is 0 Å². The van der Waals surface area contributed by atoms with Crippen molar-refractivity contribution >= 4 is 11.9 Å². The van der Waals surface area contributed by atoms with Crippen LogP contribution in [0.4, 0.5) is 4.39 Å². The van der Waals surface area contributed by atoms with Crippen molar-refractivity contribution in [3.05, 3.63) is 82.9 Å². The maximum atomic E-state index is 13.1. The molecule has 3 rings (SSSR count). The van der Waals surface area contributed by atoms with E-state index in [4.69, 9.17) is 19.3 Å². The van der Waals surface area contributed by atoms with E-state index in [0.717, 1.165) is 11.1 Å². The number of carbonyl (C=O) groups excluding carboxylic acids is 2. The second-order valence-corrected chi connectivity index (χ2v) is 7.64. The lowest BCUT2D eigenvalue weighted by Gasteiger charge is -2.29. The molecule has 0 unspecified atom stereocenters. The van der Waals surface area contributed by atoms with E-state index in [-0.39, 0.29) is 30.6 Å². The van der Waals surface area contributed by atoms with Gasteiger partial charge in [0.25, 0.3) is 5.91 Å². The molecule has 1 heterocycles. The maximum Gasteiger partial charge on any atom is 0.337 e. The van der Waals surface area contributed by atoms with Gasteiger partial charge in [0.2, 0.25) is 6.29 Å². The summed E-state index contributed by atoms with van der Waals surface area (Å²) in [6.07, 6.45) is 2.88. The normalized spacial score (nSPS) is 17.6. The molecule has 0 bridgehead atoms. The van der Waals surface area contributed by atoms with E-state index in [9.17, 15) is 14.0 Å². The van der Waals surface area contributed by atoms with Crippen LogP contribution in [0.15, 0.2) is 60.4 Å². The highest BCUT2D eigenvalue weighted by Crippen LogP contribution is 2.32. The minimum Gasteiger partial charge on any atom is -0.465 e. The number of esters is 1. The molecule has 1 aliphatic rings. The molecule has 0 fully saturated rings. The molecule has 2 aromatic rings. The predicted octanol–water partition coefficient (Wildman–Crippen LogP) is 3.43. The van der Waals surface area contributed by atoms with Crippen LogP contribution in [-0.2, 0) is 25.5 Å². The summed E-state index contributed by atoms with van der Waals surface area (Å²) >= 11 is 0. The largest absolute Gasteiger partial charge is 0.465 e. The van der Waals surface area contributed by atoms with Gasteiger partial charge in [-0.1, -0.05) is 24.3 Å². The first-order valence-corrected chi connectivity index (χ1v) is 10.8. The Morgan fingerprint density at radius 3 is 2.52 bits per heavy atom. The molecule has 0 spiro atoms. The van der Waals surface area contributed by atoms with E-state index in [1.54, 1.807) is 30.3 Å². The second-order valence-electron chi connectivity index (χ2n) is 7.64. The Morgan fingerprint density at radius 1 is 1.12 bits per heavy atom. The van der Waals surface area contributed by atoms with Crippen LogP contribution in [0.5, 0.6) is 0 Å². The molecule has 1 amide bonds. The van der Waals surface area contributed by atoms with Crippen molar-refractivity contribution in [3.63, 3.8) is 0 Å². The first-order valence-electron chi connectivity index (χ1n) is 10.8. The highest BCUT2D eigenvalue weighted by atomic mass is 19.1. The molecule has 7 nitrogen and oxygen atoms in total. The number of hydrogen-bond acceptors (Lipinski definition) is 6. The van der Waals surface area contributed by atoms with Crippen LogP contribution in [0.25, 0.3) is 0 Å². The van der Waals surface area contributed by atoms with Gasteiger partial charge in [0.1, 0.15) is 5.82 Å². The molecule has 0 aromatic heterocycles. The van der Waals surface area contributed by atoms with Crippen molar-refractivity contribution in [1.82, 2.24) is 5.32 Å². The maximum absolute atomic E-state index is 13.1. The van der Waals surface area contributed by atoms with E-state index in [0.29, 0.717) is 31.4 Å². The van der Waals surface area contributed by atoms with Crippen LogP contribution >= 0.6 is 0 Å². The average molecular weight is 457 g/mol. The molecule has 176 valence electrons. The highest BCUT2D eigenvalue weighted by molar-refractivity contribution is 5.91. The summed E-state index contributed by atoms with van der Waals surface area (Å²) in [6.45, 7) is 0.699. The number of benzene rings is 2. The van der Waals surface area contributed by atoms with Crippen molar-refractivity contribution in [1.29, 1.82) is 0 Å². The molecule has 0 aliphatic carbocycles. The van der Waals surface area contributed by atoms with Crippen LogP contribution in [0.1, 0.15) is 46.7 Å². The van der Waals surface area contributed by atoms with Crippen molar-refractivity contribution in [3.8, 4) is 0 Å². The first kappa shape index (κ1) is 24.4. The lowest BCUT2D eigenvalue weighted by molar-refractivity contribution is -0.146. The van der Waals surface area contributed by atoms with Crippen LogP contribution < -0.4 is 5.32 Å². The number of rotatable bonds is 10. The quantitative estimate of drug-likeness (QED) is 0.419. The third-order valence-corrected chi connectivity index (χ3v) is 5.26. The van der Waals surface area contributed by atoms with Gasteiger partial charge in [-0.25, -0.2) is 9.18 Å². The van der Waals surface area contributed by atoms with Gasteiger partial charge in [-0.05, 0) is 54.3 Å². The topological polar surface area (TPSA) is 94.1 Å². The Hall–Kier alpha value is -3.23. The van der Waals surface area contributed by atoms with Gasteiger partial charge in [-0.15, -0.1) is 0 Å². The molecule has 8 heteroatoms. The van der Waals surface area contributed by atoms with E-state index in [2.05, 4.69) is 5.32 Å². The Balaban J connectivity index is 1.72. The van der Waals surface area contributed by atoms with Gasteiger partial charge in [0, 0.05) is 25.5 Å². The number of hydrogen-bond donors (Lipinski definition) is 2. The van der Waals surface area contributed by atoms with E-state index >= 15 is 0 Å². The molecule has 0 saturated carbocycles. The fourth-order valence-electron chi connectivity index (χ4n) is 3.44. The minimum absolute atomic E-state index is 0.0843. The van der Waals surface area contributed by atoms with Gasteiger partial charge in [0.15, 0.2) is 5.76 Å². The molecular formula is C25H28FNO6. The number of methoxy groups -OCH3 is 1. The molecule has 2 aromatic carbocycles. The number of aliphatic hydroxyl groups excluding tert-OH is 1. The Kier molecular flexibility index (Phi) is 8.97. The zero-order valence-corrected chi connectivity index (χ0v) is 18.5. The van der Waals surface area contributed by atoms with Crippen LogP contribution in [0.2, 0.25) is 0 Å². The number of halogens is 1. The number of unbranched alkanes of at least 4 members (excludes halogenated alkanes) is 1. The van der Waals surface area contributed by atoms with Gasteiger partial charge < -0.3 is 24.6 Å². The van der Waals surface area contributed by atoms with E-state index < -0.39 is 18.2 Å². The number of ether oxygens (including phenoxy) is 3. The number of carbonyl (C=O) groups is 2. The third kappa shape index (κ3) is 7.13. The zero-order chi connectivity index (χ0) is 23.6. The summed E-state index contributed by atoms with van der Waals surface area (Å²) in [5, 5.41) is 11.7. The summed E-state index contributed by atoms with van der Waals surface area (Å²) in [4.78, 5) is 24.5. The summed E-state index contributed by atoms with van der Waals surface area (Å²) in [7, 11) is 1.33. The van der Waals surface area contributed by atoms with Crippen LogP contribution in [-0.4, -0.2) is 43.6 Å². The second kappa shape index (κ2) is 12.1. The van der Waals surface area contributed by atoms with Crippen LogP contribution in [0.3, 0.4) is 0 Å². The molecule has 0 saturated heterocycles. The summed E-state index contributed by atoms with van der Waals surface area (Å²) in [5.74, 6) is -1.20. The Labute approximate surface area is 192 Å². The fraction of sp³-hybridized carbons (Fsp3) is 0.360. The molecule has 2 N–H and O–H groups in total. The first-order chi connectivity index (χ1) is 16.0. The number of amides is 1. The van der Waals surface area contributed by atoms with Crippen molar-refractivity contribution in [2.75, 3.05) is 20.3 Å². The number of allylic oxidation sites excluding steroid dienone is 1. The Morgan fingerprint density at radius 2 is 1.85 bits per heavy atom. The molecule has 1 aliphatic heterocycles. The summed E-state index contributed by atoms with van der Waals surface area (Å²) in [6, 6.07) is 12.9. The van der Waals surface area contributed by atoms with Gasteiger partial charge in [-0.3, -0.25) is 4.79 Å². The Bertz CT molecular complexity index is 958. The minimum atomic E-state index is -0.634. The fourth-order valence-corrected chi connectivity index (χ4v) is 3.44. The zero-order valence-electron chi connectivity index (χ0n) is 18.5. The van der Waals surface area contributed by atoms with Gasteiger partial charge >= 0.3 is 5.97 Å². The summed E-state index contributed by atoms with van der Waals surface area (Å²) < 4.78 is 29.4. The van der Waals surface area contributed by atoms with Gasteiger partial charge in [0.05, 0.1) is 19.3 Å². The molecule has 0 radical (unpaired) electrons. The summed E-state index contributed by atoms with van der Waals surface area (Å²) in [5.41, 5.74) is 2.10. The van der Waals surface area contributed by atoms with Crippen molar-refractivity contribution in [2.45, 2.75) is 38.0 Å². The third-order valence-electron chi connectivity index (χ3n) is 5.26. The van der Waals surface area contributed by atoms with Crippen molar-refractivity contribution in [2.24, 2.45) is 0 Å². The van der Waals surface area contributed by atoms with Crippen molar-refractivity contribution < 1.29 is 33.3 Å².